The van der Waals surface area contributed by atoms with Gasteiger partial charge in [0.25, 0.3) is 5.56 Å². The van der Waals surface area contributed by atoms with Crippen LogP contribution in [-0.4, -0.2) is 55.4 Å². The maximum atomic E-state index is 16.3. The van der Waals surface area contributed by atoms with Crippen LogP contribution in [0.4, 0.5) is 4.39 Å². The molecular formula is C21H21FN4O6. The fraction of sp³-hybridized carbons (Fsp3) is 0.381. The smallest absolute Gasteiger partial charge is 0.338 e. The number of aromatic amines is 1. The quantitative estimate of drug-likeness (QED) is 0.592. The van der Waals surface area contributed by atoms with Gasteiger partial charge in [-0.3, -0.25) is 14.2 Å². The zero-order chi connectivity index (χ0) is 23.1. The molecule has 1 fully saturated rings. The minimum Gasteiger partial charge on any atom is -0.459 e. The van der Waals surface area contributed by atoms with Gasteiger partial charge in [0.05, 0.1) is 18.2 Å². The molecule has 168 valence electrons. The normalized spacial score (nSPS) is 27.4. The van der Waals surface area contributed by atoms with Gasteiger partial charge >= 0.3 is 11.9 Å². The fourth-order valence-electron chi connectivity index (χ4n) is 3.81. The van der Waals surface area contributed by atoms with E-state index in [1.54, 1.807) is 30.3 Å². The summed E-state index contributed by atoms with van der Waals surface area (Å²) < 4.78 is 34.2. The van der Waals surface area contributed by atoms with E-state index in [1.807, 2.05) is 0 Å². The molecule has 3 aromatic rings. The van der Waals surface area contributed by atoms with Crippen LogP contribution < -0.4 is 5.56 Å². The Balaban J connectivity index is 1.68. The number of hydrogen-bond acceptors (Lipinski definition) is 8. The van der Waals surface area contributed by atoms with Crippen molar-refractivity contribution in [1.82, 2.24) is 19.5 Å². The average Bonchev–Trinajstić information content (AvgIpc) is 3.25. The average molecular weight is 444 g/mol. The van der Waals surface area contributed by atoms with Crippen LogP contribution in [0.5, 0.6) is 0 Å². The van der Waals surface area contributed by atoms with Crippen LogP contribution in [0.3, 0.4) is 0 Å². The standard InChI is InChI=1S/C21H21FN4O6/c1-12(27)32-21(3)14(9-30-18(29)13-7-5-4-6-8-13)31-19(20(21,2)22)26-11-25-15-16(26)23-10-24-17(15)28/h4-8,10-11,14,19H,9H2,1-3H3,(H,23,24,28)/t14-,19-,20+,21-/m1/s1. The van der Waals surface area contributed by atoms with Crippen molar-refractivity contribution in [2.24, 2.45) is 0 Å². The van der Waals surface area contributed by atoms with Crippen molar-refractivity contribution in [3.8, 4) is 0 Å². The number of halogens is 1. The second-order valence-corrected chi connectivity index (χ2v) is 7.77. The van der Waals surface area contributed by atoms with E-state index in [9.17, 15) is 14.4 Å². The van der Waals surface area contributed by atoms with Crippen LogP contribution in [0.25, 0.3) is 11.2 Å². The summed E-state index contributed by atoms with van der Waals surface area (Å²) in [6.45, 7) is 3.34. The highest BCUT2D eigenvalue weighted by Crippen LogP contribution is 2.50. The zero-order valence-corrected chi connectivity index (χ0v) is 17.6. The highest BCUT2D eigenvalue weighted by atomic mass is 19.1. The number of alkyl halides is 1. The molecule has 0 unspecified atom stereocenters. The Morgan fingerprint density at radius 2 is 1.97 bits per heavy atom. The summed E-state index contributed by atoms with van der Waals surface area (Å²) >= 11 is 0. The van der Waals surface area contributed by atoms with Crippen LogP contribution in [-0.2, 0) is 19.0 Å². The highest BCUT2D eigenvalue weighted by molar-refractivity contribution is 5.89. The maximum absolute atomic E-state index is 16.3. The molecule has 4 rings (SSSR count). The van der Waals surface area contributed by atoms with E-state index < -0.39 is 41.1 Å². The number of benzene rings is 1. The molecule has 0 bridgehead atoms. The molecule has 0 amide bonds. The second-order valence-electron chi connectivity index (χ2n) is 7.77. The molecular weight excluding hydrogens is 423 g/mol. The highest BCUT2D eigenvalue weighted by Gasteiger charge is 2.66. The third-order valence-corrected chi connectivity index (χ3v) is 5.69. The molecule has 32 heavy (non-hydrogen) atoms. The Bertz CT molecular complexity index is 1220. The van der Waals surface area contributed by atoms with Gasteiger partial charge in [0, 0.05) is 6.92 Å². The van der Waals surface area contributed by atoms with Gasteiger partial charge < -0.3 is 19.2 Å². The SMILES string of the molecule is CC(=O)O[C@]1(C)[C@@H](COC(=O)c2ccccc2)O[C@@H](n2cnc3c(=O)[nH]cnc32)[C@]1(C)F. The van der Waals surface area contributed by atoms with Gasteiger partial charge in [-0.05, 0) is 26.0 Å². The molecule has 1 N–H and O–H groups in total. The van der Waals surface area contributed by atoms with Crippen molar-refractivity contribution in [3.05, 3.63) is 58.9 Å². The maximum Gasteiger partial charge on any atom is 0.338 e. The number of carbonyl (C=O) groups is 2. The lowest BCUT2D eigenvalue weighted by molar-refractivity contribution is -0.175. The number of rotatable bonds is 5. The molecule has 1 aromatic carbocycles. The molecule has 0 saturated carbocycles. The Morgan fingerprint density at radius 1 is 1.25 bits per heavy atom. The summed E-state index contributed by atoms with van der Waals surface area (Å²) in [5, 5.41) is 0. The number of H-pyrrole nitrogens is 1. The summed E-state index contributed by atoms with van der Waals surface area (Å²) in [6, 6.07) is 8.26. The van der Waals surface area contributed by atoms with Crippen molar-refractivity contribution >= 4 is 23.1 Å². The number of imidazole rings is 1. The van der Waals surface area contributed by atoms with Gasteiger partial charge in [0.2, 0.25) is 0 Å². The first-order chi connectivity index (χ1) is 15.1. The third kappa shape index (κ3) is 3.44. The molecule has 1 aliphatic rings. The van der Waals surface area contributed by atoms with E-state index in [-0.39, 0.29) is 17.8 Å². The van der Waals surface area contributed by atoms with E-state index >= 15 is 4.39 Å². The lowest BCUT2D eigenvalue weighted by atomic mass is 9.84. The Labute approximate surface area is 181 Å². The number of nitrogens with zero attached hydrogens (tertiary/aromatic N) is 3. The van der Waals surface area contributed by atoms with Crippen LogP contribution in [0, 0.1) is 0 Å². The van der Waals surface area contributed by atoms with E-state index in [2.05, 4.69) is 15.0 Å². The number of fused-ring (bicyclic) bond motifs is 1. The molecule has 2 aromatic heterocycles. The predicted octanol–water partition coefficient (Wildman–Crippen LogP) is 1.92. The van der Waals surface area contributed by atoms with Crippen molar-refractivity contribution in [2.75, 3.05) is 6.61 Å². The van der Waals surface area contributed by atoms with E-state index in [4.69, 9.17) is 14.2 Å². The number of carbonyl (C=O) groups excluding carboxylic acids is 2. The molecule has 1 aliphatic heterocycles. The molecule has 4 atom stereocenters. The lowest BCUT2D eigenvalue weighted by Crippen LogP contribution is -2.55. The molecule has 0 spiro atoms. The zero-order valence-electron chi connectivity index (χ0n) is 17.6. The minimum atomic E-state index is -2.31. The number of ether oxygens (including phenoxy) is 3. The molecule has 11 heteroatoms. The number of aromatic nitrogens is 4. The van der Waals surface area contributed by atoms with Crippen LogP contribution >= 0.6 is 0 Å². The molecule has 1 saturated heterocycles. The van der Waals surface area contributed by atoms with E-state index in [0.29, 0.717) is 5.56 Å². The van der Waals surface area contributed by atoms with Crippen molar-refractivity contribution < 1.29 is 28.2 Å². The lowest BCUT2D eigenvalue weighted by Gasteiger charge is -2.36. The Kier molecular flexibility index (Phi) is 5.29. The van der Waals surface area contributed by atoms with Gasteiger partial charge in [-0.25, -0.2) is 19.2 Å². The van der Waals surface area contributed by atoms with Crippen molar-refractivity contribution in [2.45, 2.75) is 44.4 Å². The largest absolute Gasteiger partial charge is 0.459 e. The van der Waals surface area contributed by atoms with Gasteiger partial charge in [-0.15, -0.1) is 0 Å². The first-order valence-electron chi connectivity index (χ1n) is 9.81. The summed E-state index contributed by atoms with van der Waals surface area (Å²) in [4.78, 5) is 46.6. The molecule has 0 aliphatic carbocycles. The van der Waals surface area contributed by atoms with E-state index in [0.717, 1.165) is 13.3 Å². The molecule has 10 nitrogen and oxygen atoms in total. The first kappa shape index (κ1) is 21.6. The Hall–Kier alpha value is -3.60. The molecule has 3 heterocycles. The summed E-state index contributed by atoms with van der Waals surface area (Å²) in [7, 11) is 0. The predicted molar refractivity (Wildman–Crippen MR) is 108 cm³/mol. The molecule has 0 radical (unpaired) electrons. The van der Waals surface area contributed by atoms with Crippen molar-refractivity contribution in [3.63, 3.8) is 0 Å². The minimum absolute atomic E-state index is 0.0000414. The van der Waals surface area contributed by atoms with Crippen LogP contribution in [0.15, 0.2) is 47.8 Å². The van der Waals surface area contributed by atoms with Crippen LogP contribution in [0.2, 0.25) is 0 Å². The van der Waals surface area contributed by atoms with Gasteiger partial charge in [0.15, 0.2) is 28.7 Å². The summed E-state index contributed by atoms with van der Waals surface area (Å²) in [6.07, 6.45) is -0.134. The fourth-order valence-corrected chi connectivity index (χ4v) is 3.81. The topological polar surface area (TPSA) is 125 Å². The summed E-state index contributed by atoms with van der Waals surface area (Å²) in [5.74, 6) is -1.37. The van der Waals surface area contributed by atoms with Gasteiger partial charge in [-0.2, -0.15) is 0 Å². The van der Waals surface area contributed by atoms with Crippen LogP contribution in [0.1, 0.15) is 37.4 Å². The van der Waals surface area contributed by atoms with Gasteiger partial charge in [0.1, 0.15) is 12.7 Å². The third-order valence-electron chi connectivity index (χ3n) is 5.69. The van der Waals surface area contributed by atoms with Crippen molar-refractivity contribution in [1.29, 1.82) is 0 Å². The number of esters is 2. The first-order valence-corrected chi connectivity index (χ1v) is 9.81. The number of nitrogens with one attached hydrogen (secondary N) is 1. The van der Waals surface area contributed by atoms with E-state index in [1.165, 1.54) is 24.7 Å². The monoisotopic (exact) mass is 444 g/mol. The van der Waals surface area contributed by atoms with Gasteiger partial charge in [-0.1, -0.05) is 18.2 Å². The second kappa shape index (κ2) is 7.83. The summed E-state index contributed by atoms with van der Waals surface area (Å²) in [5.41, 5.74) is -4.22. The Morgan fingerprint density at radius 3 is 2.66 bits per heavy atom. The number of hydrogen-bond donors (Lipinski definition) is 1.